The maximum atomic E-state index is 12.1. The summed E-state index contributed by atoms with van der Waals surface area (Å²) in [6.45, 7) is 10.7. The molecule has 0 radical (unpaired) electrons. The van der Waals surface area contributed by atoms with Crippen molar-refractivity contribution in [2.24, 2.45) is 0 Å². The molecule has 1 aliphatic heterocycles. The quantitative estimate of drug-likeness (QED) is 0.812. The number of carbonyl (C=O) groups is 1. The zero-order chi connectivity index (χ0) is 16.6. The minimum atomic E-state index is -0.447. The second-order valence-corrected chi connectivity index (χ2v) is 6.99. The third-order valence-corrected chi connectivity index (χ3v) is 3.98. The van der Waals surface area contributed by atoms with Crippen LogP contribution in [-0.4, -0.2) is 52.2 Å². The molecule has 3 rings (SSSR count). The maximum absolute atomic E-state index is 12.1. The van der Waals surface area contributed by atoms with E-state index >= 15 is 0 Å². The Kier molecular flexibility index (Phi) is 3.92. The zero-order valence-corrected chi connectivity index (χ0v) is 14.2. The lowest BCUT2D eigenvalue weighted by atomic mass is 10.2. The Morgan fingerprint density at radius 2 is 1.91 bits per heavy atom. The molecule has 6 nitrogen and oxygen atoms in total. The van der Waals surface area contributed by atoms with Gasteiger partial charge in [0.05, 0.1) is 5.69 Å². The van der Waals surface area contributed by atoms with Crippen LogP contribution in [0.1, 0.15) is 26.3 Å². The fourth-order valence-electron chi connectivity index (χ4n) is 2.83. The van der Waals surface area contributed by atoms with Crippen LogP contribution in [-0.2, 0) is 4.74 Å². The summed E-state index contributed by atoms with van der Waals surface area (Å²) in [5.74, 6) is 0. The summed E-state index contributed by atoms with van der Waals surface area (Å²) in [7, 11) is 0. The molecule has 0 spiro atoms. The first kappa shape index (κ1) is 15.6. The lowest BCUT2D eigenvalue weighted by Crippen LogP contribution is -2.50. The number of amides is 1. The Labute approximate surface area is 136 Å². The fraction of sp³-hybridized carbons (Fsp3) is 0.529. The van der Waals surface area contributed by atoms with Crippen molar-refractivity contribution < 1.29 is 9.53 Å². The van der Waals surface area contributed by atoms with Crippen LogP contribution in [0.5, 0.6) is 0 Å². The maximum Gasteiger partial charge on any atom is 0.410 e. The van der Waals surface area contributed by atoms with Gasteiger partial charge in [0.15, 0.2) is 0 Å². The van der Waals surface area contributed by atoms with Crippen LogP contribution in [0.15, 0.2) is 24.7 Å². The summed E-state index contributed by atoms with van der Waals surface area (Å²) in [5.41, 5.74) is 2.91. The summed E-state index contributed by atoms with van der Waals surface area (Å²) in [4.78, 5) is 20.5. The molecule has 0 unspecified atom stereocenters. The number of carbonyl (C=O) groups excluding carboxylic acids is 1. The molecule has 1 aliphatic rings. The smallest absolute Gasteiger partial charge is 0.410 e. The molecule has 0 bridgehead atoms. The van der Waals surface area contributed by atoms with Gasteiger partial charge in [0.25, 0.3) is 0 Å². The van der Waals surface area contributed by atoms with Crippen molar-refractivity contribution >= 4 is 17.4 Å². The lowest BCUT2D eigenvalue weighted by molar-refractivity contribution is 0.0240. The average molecular weight is 316 g/mol. The Balaban J connectivity index is 1.68. The molecule has 6 heteroatoms. The standard InChI is InChI=1S/C17H24N4O2/c1-13-11-15-18-5-6-21(15)12-14(13)19-7-9-20(10-8-19)16(22)23-17(2,3)4/h5-6,11-12H,7-10H2,1-4H3. The SMILES string of the molecule is Cc1cc2nccn2cc1N1CCN(C(=O)OC(C)(C)C)CC1. The van der Waals surface area contributed by atoms with E-state index in [1.54, 1.807) is 11.1 Å². The molecule has 23 heavy (non-hydrogen) atoms. The highest BCUT2D eigenvalue weighted by Gasteiger charge is 2.26. The van der Waals surface area contributed by atoms with Gasteiger partial charge in [-0.05, 0) is 39.3 Å². The van der Waals surface area contributed by atoms with Gasteiger partial charge in [-0.1, -0.05) is 0 Å². The van der Waals surface area contributed by atoms with Crippen molar-refractivity contribution in [3.63, 3.8) is 0 Å². The number of piperazine rings is 1. The molecule has 1 fully saturated rings. The van der Waals surface area contributed by atoms with Crippen LogP contribution < -0.4 is 4.90 Å². The molecule has 0 aromatic carbocycles. The summed E-state index contributed by atoms with van der Waals surface area (Å²) >= 11 is 0. The van der Waals surface area contributed by atoms with Crippen molar-refractivity contribution in [2.45, 2.75) is 33.3 Å². The molecule has 2 aromatic rings. The van der Waals surface area contributed by atoms with Crippen LogP contribution in [0.2, 0.25) is 0 Å². The van der Waals surface area contributed by atoms with E-state index in [-0.39, 0.29) is 6.09 Å². The van der Waals surface area contributed by atoms with Crippen molar-refractivity contribution in [3.05, 3.63) is 30.2 Å². The third-order valence-electron chi connectivity index (χ3n) is 3.98. The average Bonchev–Trinajstić information content (AvgIpc) is 2.92. The first-order valence-electron chi connectivity index (χ1n) is 8.00. The molecular weight excluding hydrogens is 292 g/mol. The van der Waals surface area contributed by atoms with Gasteiger partial charge in [0, 0.05) is 44.8 Å². The second kappa shape index (κ2) is 5.76. The molecule has 0 N–H and O–H groups in total. The zero-order valence-electron chi connectivity index (χ0n) is 14.2. The predicted molar refractivity (Wildman–Crippen MR) is 89.9 cm³/mol. The highest BCUT2D eigenvalue weighted by atomic mass is 16.6. The Morgan fingerprint density at radius 3 is 2.57 bits per heavy atom. The van der Waals surface area contributed by atoms with Crippen molar-refractivity contribution in [3.8, 4) is 0 Å². The van der Waals surface area contributed by atoms with E-state index in [0.717, 1.165) is 18.7 Å². The number of hydrogen-bond acceptors (Lipinski definition) is 4. The van der Waals surface area contributed by atoms with Crippen LogP contribution in [0.25, 0.3) is 5.65 Å². The van der Waals surface area contributed by atoms with Gasteiger partial charge in [-0.25, -0.2) is 9.78 Å². The van der Waals surface area contributed by atoms with Crippen molar-refractivity contribution in [1.29, 1.82) is 0 Å². The van der Waals surface area contributed by atoms with Gasteiger partial charge in [-0.15, -0.1) is 0 Å². The normalized spacial score (nSPS) is 16.0. The van der Waals surface area contributed by atoms with Crippen LogP contribution >= 0.6 is 0 Å². The molecular formula is C17H24N4O2. The van der Waals surface area contributed by atoms with Crippen molar-refractivity contribution in [1.82, 2.24) is 14.3 Å². The lowest BCUT2D eigenvalue weighted by Gasteiger charge is -2.37. The fourth-order valence-corrected chi connectivity index (χ4v) is 2.83. The van der Waals surface area contributed by atoms with E-state index in [0.29, 0.717) is 13.1 Å². The summed E-state index contributed by atoms with van der Waals surface area (Å²) in [5, 5.41) is 0. The van der Waals surface area contributed by atoms with Gasteiger partial charge < -0.3 is 18.9 Å². The second-order valence-electron chi connectivity index (χ2n) is 6.99. The molecule has 1 amide bonds. The minimum Gasteiger partial charge on any atom is -0.444 e. The van der Waals surface area contributed by atoms with Gasteiger partial charge >= 0.3 is 6.09 Å². The molecule has 1 saturated heterocycles. The molecule has 0 atom stereocenters. The van der Waals surface area contributed by atoms with Crippen LogP contribution in [0.4, 0.5) is 10.5 Å². The Hall–Kier alpha value is -2.24. The van der Waals surface area contributed by atoms with E-state index in [1.165, 1.54) is 11.3 Å². The number of imidazole rings is 1. The number of fused-ring (bicyclic) bond motifs is 1. The van der Waals surface area contributed by atoms with E-state index in [9.17, 15) is 4.79 Å². The largest absolute Gasteiger partial charge is 0.444 e. The Morgan fingerprint density at radius 1 is 1.22 bits per heavy atom. The monoisotopic (exact) mass is 316 g/mol. The third kappa shape index (κ3) is 3.41. The number of anilines is 1. The molecule has 0 aliphatic carbocycles. The summed E-state index contributed by atoms with van der Waals surface area (Å²) < 4.78 is 7.48. The van der Waals surface area contributed by atoms with E-state index in [1.807, 2.05) is 31.4 Å². The van der Waals surface area contributed by atoms with E-state index < -0.39 is 5.60 Å². The van der Waals surface area contributed by atoms with Crippen LogP contribution in [0.3, 0.4) is 0 Å². The number of rotatable bonds is 1. The molecule has 3 heterocycles. The Bertz CT molecular complexity index is 709. The number of aromatic nitrogens is 2. The number of aryl methyl sites for hydroxylation is 1. The van der Waals surface area contributed by atoms with E-state index in [4.69, 9.17) is 4.74 Å². The number of pyridine rings is 1. The van der Waals surface area contributed by atoms with Gasteiger partial charge in [0.2, 0.25) is 0 Å². The number of hydrogen-bond donors (Lipinski definition) is 0. The first-order valence-corrected chi connectivity index (χ1v) is 8.00. The molecule has 2 aromatic heterocycles. The summed E-state index contributed by atoms with van der Waals surface area (Å²) in [6.07, 6.45) is 5.65. The molecule has 124 valence electrons. The van der Waals surface area contributed by atoms with Gasteiger partial charge in [-0.2, -0.15) is 0 Å². The van der Waals surface area contributed by atoms with Gasteiger partial charge in [-0.3, -0.25) is 0 Å². The summed E-state index contributed by atoms with van der Waals surface area (Å²) in [6, 6.07) is 2.09. The molecule has 0 saturated carbocycles. The van der Waals surface area contributed by atoms with Crippen LogP contribution in [0, 0.1) is 6.92 Å². The van der Waals surface area contributed by atoms with Crippen molar-refractivity contribution in [2.75, 3.05) is 31.1 Å². The van der Waals surface area contributed by atoms with E-state index in [2.05, 4.69) is 29.1 Å². The highest BCUT2D eigenvalue weighted by Crippen LogP contribution is 2.23. The van der Waals surface area contributed by atoms with Gasteiger partial charge in [0.1, 0.15) is 11.2 Å². The number of ether oxygens (including phenoxy) is 1. The minimum absolute atomic E-state index is 0.223. The first-order chi connectivity index (χ1) is 10.8. The highest BCUT2D eigenvalue weighted by molar-refractivity contribution is 5.69. The predicted octanol–water partition coefficient (Wildman–Crippen LogP) is 2.70. The number of nitrogens with zero attached hydrogens (tertiary/aromatic N) is 4. The topological polar surface area (TPSA) is 50.1 Å².